The predicted molar refractivity (Wildman–Crippen MR) is 124 cm³/mol. The van der Waals surface area contributed by atoms with Crippen LogP contribution in [0.2, 0.25) is 0 Å². The average Bonchev–Trinajstić information content (AvgIpc) is 2.71. The first-order valence-corrected chi connectivity index (χ1v) is 11.4. The lowest BCUT2D eigenvalue weighted by Crippen LogP contribution is -2.59. The van der Waals surface area contributed by atoms with Gasteiger partial charge in [0.2, 0.25) is 23.6 Å². The Kier molecular flexibility index (Phi) is 13.3. The molecule has 0 aromatic heterocycles. The maximum atomic E-state index is 13.0. The zero-order chi connectivity index (χ0) is 25.9. The minimum absolute atomic E-state index is 0.0380. The molecule has 11 nitrogen and oxygen atoms in total. The number of hydrogen-bond donors (Lipinski definition) is 6. The molecule has 0 aromatic carbocycles. The molecule has 5 unspecified atom stereocenters. The fourth-order valence-electron chi connectivity index (χ4n) is 3.13. The van der Waals surface area contributed by atoms with E-state index in [4.69, 9.17) is 11.5 Å². The van der Waals surface area contributed by atoms with Crippen molar-refractivity contribution in [3.05, 3.63) is 0 Å². The van der Waals surface area contributed by atoms with Crippen molar-refractivity contribution >= 4 is 29.6 Å². The first-order chi connectivity index (χ1) is 15.2. The van der Waals surface area contributed by atoms with E-state index in [1.54, 1.807) is 20.8 Å². The minimum atomic E-state index is -1.15. The van der Waals surface area contributed by atoms with Gasteiger partial charge in [-0.1, -0.05) is 48.0 Å². The Morgan fingerprint density at radius 1 is 0.848 bits per heavy atom. The fraction of sp³-hybridized carbons (Fsp3) is 0.773. The number of primary amides is 1. The molecule has 4 amide bonds. The summed E-state index contributed by atoms with van der Waals surface area (Å²) < 4.78 is 0. The lowest BCUT2D eigenvalue weighted by atomic mass is 9.96. The Morgan fingerprint density at radius 3 is 1.82 bits per heavy atom. The van der Waals surface area contributed by atoms with Gasteiger partial charge in [-0.2, -0.15) is 0 Å². The van der Waals surface area contributed by atoms with Crippen LogP contribution in [-0.4, -0.2) is 58.9 Å². The molecule has 5 atom stereocenters. The summed E-state index contributed by atoms with van der Waals surface area (Å²) in [7, 11) is 0. The largest absolute Gasteiger partial charge is 0.480 e. The van der Waals surface area contributed by atoms with Gasteiger partial charge < -0.3 is 32.5 Å². The van der Waals surface area contributed by atoms with E-state index in [-0.39, 0.29) is 37.0 Å². The maximum absolute atomic E-state index is 13.0. The Labute approximate surface area is 195 Å². The molecule has 0 aliphatic carbocycles. The molecule has 190 valence electrons. The first-order valence-electron chi connectivity index (χ1n) is 11.4. The van der Waals surface area contributed by atoms with E-state index in [1.165, 1.54) is 0 Å². The SMILES string of the molecule is CCC(C)C(NC(=O)C(NC(=O)C(CC(C)C)NC(=O)C(N)CCC(N)=O)C(C)C)C(=O)O. The van der Waals surface area contributed by atoms with Crippen LogP contribution in [0.15, 0.2) is 0 Å². The summed E-state index contributed by atoms with van der Waals surface area (Å²) in [4.78, 5) is 60.8. The minimum Gasteiger partial charge on any atom is -0.480 e. The van der Waals surface area contributed by atoms with Crippen LogP contribution in [0, 0.1) is 17.8 Å². The van der Waals surface area contributed by atoms with Crippen LogP contribution < -0.4 is 27.4 Å². The summed E-state index contributed by atoms with van der Waals surface area (Å²) in [5, 5.41) is 17.2. The lowest BCUT2D eigenvalue weighted by Gasteiger charge is -2.28. The molecule has 11 heteroatoms. The molecule has 0 fully saturated rings. The van der Waals surface area contributed by atoms with Gasteiger partial charge >= 0.3 is 5.97 Å². The van der Waals surface area contributed by atoms with Crippen LogP contribution in [0.5, 0.6) is 0 Å². The second-order valence-electron chi connectivity index (χ2n) is 9.24. The second kappa shape index (κ2) is 14.5. The van der Waals surface area contributed by atoms with Crippen LogP contribution in [0.4, 0.5) is 0 Å². The summed E-state index contributed by atoms with van der Waals surface area (Å²) in [6, 6.07) is -4.07. The Hall–Kier alpha value is -2.69. The molecule has 0 saturated heterocycles. The molecule has 0 bridgehead atoms. The van der Waals surface area contributed by atoms with Gasteiger partial charge in [-0.15, -0.1) is 0 Å². The van der Waals surface area contributed by atoms with Crippen molar-refractivity contribution in [1.82, 2.24) is 16.0 Å². The monoisotopic (exact) mass is 471 g/mol. The zero-order valence-corrected chi connectivity index (χ0v) is 20.5. The van der Waals surface area contributed by atoms with Gasteiger partial charge in [0, 0.05) is 6.42 Å². The van der Waals surface area contributed by atoms with Gasteiger partial charge in [0.15, 0.2) is 0 Å². The number of nitrogens with one attached hydrogen (secondary N) is 3. The number of carboxylic acids is 1. The van der Waals surface area contributed by atoms with Gasteiger partial charge in [-0.05, 0) is 30.6 Å². The van der Waals surface area contributed by atoms with Crippen molar-refractivity contribution in [2.45, 2.75) is 91.4 Å². The van der Waals surface area contributed by atoms with Gasteiger partial charge in [0.1, 0.15) is 18.1 Å². The van der Waals surface area contributed by atoms with Gasteiger partial charge in [-0.3, -0.25) is 19.2 Å². The van der Waals surface area contributed by atoms with E-state index in [1.807, 2.05) is 20.8 Å². The molecule has 0 radical (unpaired) electrons. The van der Waals surface area contributed by atoms with Crippen molar-refractivity contribution in [3.8, 4) is 0 Å². The zero-order valence-electron chi connectivity index (χ0n) is 20.5. The number of rotatable bonds is 15. The first kappa shape index (κ1) is 30.3. The highest BCUT2D eigenvalue weighted by Crippen LogP contribution is 2.12. The molecular weight excluding hydrogens is 430 g/mol. The van der Waals surface area contributed by atoms with E-state index in [2.05, 4.69) is 16.0 Å². The van der Waals surface area contributed by atoms with Gasteiger partial charge in [0.05, 0.1) is 6.04 Å². The topological polar surface area (TPSA) is 194 Å². The van der Waals surface area contributed by atoms with E-state index in [9.17, 15) is 29.1 Å². The quantitative estimate of drug-likeness (QED) is 0.191. The molecule has 0 aliphatic rings. The van der Waals surface area contributed by atoms with Crippen LogP contribution in [0.1, 0.15) is 67.2 Å². The Morgan fingerprint density at radius 2 is 1.39 bits per heavy atom. The lowest BCUT2D eigenvalue weighted by molar-refractivity contribution is -0.144. The number of amides is 4. The molecule has 8 N–H and O–H groups in total. The molecule has 0 heterocycles. The number of carbonyl (C=O) groups is 5. The molecule has 0 spiro atoms. The van der Waals surface area contributed by atoms with Crippen LogP contribution >= 0.6 is 0 Å². The average molecular weight is 472 g/mol. The molecule has 0 aromatic rings. The van der Waals surface area contributed by atoms with E-state index in [0.29, 0.717) is 6.42 Å². The standard InChI is InChI=1S/C22H41N5O6/c1-7-13(6)18(22(32)33)27-21(31)17(12(4)5)26-20(30)15(10-11(2)3)25-19(29)14(23)8-9-16(24)28/h11-15,17-18H,7-10,23H2,1-6H3,(H2,24,28)(H,25,29)(H,26,30)(H,27,31)(H,32,33). The molecule has 0 aliphatic heterocycles. The molecule has 0 rings (SSSR count). The van der Waals surface area contributed by atoms with Crippen molar-refractivity contribution in [2.75, 3.05) is 0 Å². The normalized spacial score (nSPS) is 15.8. The third kappa shape index (κ3) is 11.1. The smallest absolute Gasteiger partial charge is 0.326 e. The van der Waals surface area contributed by atoms with Crippen LogP contribution in [0.3, 0.4) is 0 Å². The highest BCUT2D eigenvalue weighted by atomic mass is 16.4. The number of aliphatic carboxylic acids is 1. The summed E-state index contributed by atoms with van der Waals surface area (Å²) in [6.07, 6.45) is 0.818. The fourth-order valence-corrected chi connectivity index (χ4v) is 3.13. The molecule has 0 saturated carbocycles. The number of hydrogen-bond acceptors (Lipinski definition) is 6. The van der Waals surface area contributed by atoms with Crippen LogP contribution in [0.25, 0.3) is 0 Å². The number of nitrogens with two attached hydrogens (primary N) is 2. The third-order valence-electron chi connectivity index (χ3n) is 5.40. The van der Waals surface area contributed by atoms with Crippen molar-refractivity contribution < 1.29 is 29.1 Å². The van der Waals surface area contributed by atoms with E-state index >= 15 is 0 Å². The van der Waals surface area contributed by atoms with E-state index < -0.39 is 53.8 Å². The van der Waals surface area contributed by atoms with Crippen molar-refractivity contribution in [1.29, 1.82) is 0 Å². The summed E-state index contributed by atoms with van der Waals surface area (Å²) in [5.74, 6) is -4.14. The Balaban J connectivity index is 5.44. The molecule has 33 heavy (non-hydrogen) atoms. The highest BCUT2D eigenvalue weighted by molar-refractivity contribution is 5.94. The van der Waals surface area contributed by atoms with Gasteiger partial charge in [0.25, 0.3) is 0 Å². The number of carbonyl (C=O) groups excluding carboxylic acids is 4. The van der Waals surface area contributed by atoms with Gasteiger partial charge in [-0.25, -0.2) is 4.79 Å². The summed E-state index contributed by atoms with van der Waals surface area (Å²) in [5.41, 5.74) is 10.9. The molecular formula is C22H41N5O6. The second-order valence-corrected chi connectivity index (χ2v) is 9.24. The Bertz CT molecular complexity index is 697. The summed E-state index contributed by atoms with van der Waals surface area (Å²) in [6.45, 7) is 10.7. The highest BCUT2D eigenvalue weighted by Gasteiger charge is 2.33. The van der Waals surface area contributed by atoms with E-state index in [0.717, 1.165) is 0 Å². The third-order valence-corrected chi connectivity index (χ3v) is 5.40. The van der Waals surface area contributed by atoms with Crippen LogP contribution in [-0.2, 0) is 24.0 Å². The maximum Gasteiger partial charge on any atom is 0.326 e. The van der Waals surface area contributed by atoms with Crippen molar-refractivity contribution in [3.63, 3.8) is 0 Å². The summed E-state index contributed by atoms with van der Waals surface area (Å²) >= 11 is 0. The predicted octanol–water partition coefficient (Wildman–Crippen LogP) is -0.134. The number of carboxylic acid groups (broad SMARTS) is 1. The van der Waals surface area contributed by atoms with Crippen molar-refractivity contribution in [2.24, 2.45) is 29.2 Å².